The van der Waals surface area contributed by atoms with E-state index in [2.05, 4.69) is 49.8 Å². The lowest BCUT2D eigenvalue weighted by Crippen LogP contribution is -2.49. The average Bonchev–Trinajstić information content (AvgIpc) is 3.70. The Hall–Kier alpha value is -4.84. The molecule has 0 bridgehead atoms. The topological polar surface area (TPSA) is 136 Å². The molecule has 13 heteroatoms. The van der Waals surface area contributed by atoms with Crippen LogP contribution in [-0.4, -0.2) is 72.3 Å². The molecule has 11 nitrogen and oxygen atoms in total. The summed E-state index contributed by atoms with van der Waals surface area (Å²) in [6, 6.07) is 26.9. The molecule has 5 aromatic rings. The Labute approximate surface area is 327 Å². The lowest BCUT2D eigenvalue weighted by Gasteiger charge is -2.38. The van der Waals surface area contributed by atoms with E-state index in [4.69, 9.17) is 40.5 Å². The molecule has 1 unspecified atom stereocenters. The van der Waals surface area contributed by atoms with Crippen molar-refractivity contribution in [2.75, 3.05) is 26.1 Å². The van der Waals surface area contributed by atoms with Crippen molar-refractivity contribution in [1.82, 2.24) is 19.5 Å². The van der Waals surface area contributed by atoms with Crippen LogP contribution in [-0.2, 0) is 24.1 Å². The van der Waals surface area contributed by atoms with Crippen LogP contribution in [0.15, 0.2) is 89.7 Å². The van der Waals surface area contributed by atoms with Crippen molar-refractivity contribution in [2.45, 2.75) is 94.0 Å². The number of fused-ring (bicyclic) bond motifs is 1. The number of hydrogen-bond donors (Lipinski definition) is 2. The van der Waals surface area contributed by atoms with Crippen LogP contribution in [0.4, 0.5) is 10.3 Å². The monoisotopic (exact) mass is 779 g/mol. The second kappa shape index (κ2) is 15.2. The van der Waals surface area contributed by atoms with Crippen LogP contribution in [0, 0.1) is 12.3 Å². The van der Waals surface area contributed by atoms with Gasteiger partial charge in [-0.3, -0.25) is 14.3 Å². The number of aromatic nitrogens is 4. The fourth-order valence-corrected chi connectivity index (χ4v) is 8.56. The van der Waals surface area contributed by atoms with E-state index in [0.29, 0.717) is 18.8 Å². The van der Waals surface area contributed by atoms with Gasteiger partial charge in [-0.15, -0.1) is 6.42 Å². The summed E-state index contributed by atoms with van der Waals surface area (Å²) in [7, 11) is -0.788. The molecule has 7 rings (SSSR count). The molecule has 5 atom stereocenters. The predicted octanol–water partition coefficient (Wildman–Crippen LogP) is 7.27. The van der Waals surface area contributed by atoms with Crippen LogP contribution in [0.5, 0.6) is 5.75 Å². The molecule has 0 saturated carbocycles. The van der Waals surface area contributed by atoms with Gasteiger partial charge in [0.05, 0.1) is 13.7 Å². The minimum Gasteiger partial charge on any atom is -0.497 e. The number of nitrogens with one attached hydrogen (secondary N) is 1. The number of anilines is 1. The molecule has 0 radical (unpaired) electrons. The predicted molar refractivity (Wildman–Crippen MR) is 216 cm³/mol. The zero-order valence-corrected chi connectivity index (χ0v) is 33.8. The Kier molecular flexibility index (Phi) is 10.7. The summed E-state index contributed by atoms with van der Waals surface area (Å²) < 4.78 is 51.7. The number of hydrogen-bond acceptors (Lipinski definition) is 9. The molecular formula is C43H50FN5O6Si. The third-order valence-electron chi connectivity index (χ3n) is 11.6. The number of halogens is 1. The quantitative estimate of drug-likeness (QED) is 0.0807. The number of imidazole rings is 1. The van der Waals surface area contributed by atoms with Crippen molar-refractivity contribution in [3.63, 3.8) is 0 Å². The average molecular weight is 780 g/mol. The normalized spacial score (nSPS) is 23.2. The van der Waals surface area contributed by atoms with Gasteiger partial charge in [-0.25, -0.2) is 9.37 Å². The first-order valence-corrected chi connectivity index (χ1v) is 21.9. The van der Waals surface area contributed by atoms with Gasteiger partial charge < -0.3 is 29.1 Å². The summed E-state index contributed by atoms with van der Waals surface area (Å²) >= 11 is 0. The molecule has 2 saturated heterocycles. The highest BCUT2D eigenvalue weighted by atomic mass is 28.4. The lowest BCUT2D eigenvalue weighted by atomic mass is 9.68. The summed E-state index contributed by atoms with van der Waals surface area (Å²) in [6.07, 6.45) is 3.91. The van der Waals surface area contributed by atoms with E-state index >= 15 is 4.39 Å². The molecule has 2 aliphatic rings. The number of benzene rings is 3. The first-order valence-electron chi connectivity index (χ1n) is 19.0. The standard InChI is InChI=1S/C43H50FN5O6Si/c1-8-42(44)35(55-33-21-15-16-26-52-33)32(27-53-56(6,7)41(2,3)4)54-39(42)49-36-34(37(50)48-40(45)47-36)46-38(49)43(28-17-11-9-12-18-28,29-19-13-10-14-20-29)30-22-24-31(51-5)25-23-30/h1,9-14,17-20,22-25,32-33,35,39H,15-16,21,26-27H2,2-7H3,(H3,45,47,48,50)/t32-,33?,35-,39+,42-/m1/s1. The van der Waals surface area contributed by atoms with Gasteiger partial charge in [-0.2, -0.15) is 4.98 Å². The maximum atomic E-state index is 18.6. The largest absolute Gasteiger partial charge is 0.497 e. The third-order valence-corrected chi connectivity index (χ3v) is 16.1. The van der Waals surface area contributed by atoms with E-state index < -0.39 is 49.7 Å². The minimum atomic E-state index is -2.65. The SMILES string of the molecule is C#C[C@@]1(F)[C@H](OC2CCCCO2)[C@@H](CO[Si](C)(C)C(C)(C)C)O[C@@H]1n1c(C(c2ccccc2)(c2ccccc2)c2ccc(OC)cc2)nc2c(=O)[nH]c(N)nc21. The van der Waals surface area contributed by atoms with E-state index in [1.165, 1.54) is 4.57 Å². The molecule has 0 aliphatic carbocycles. The number of nitrogen functional groups attached to an aromatic ring is 1. The maximum absolute atomic E-state index is 18.6. The number of terminal acetylenes is 1. The molecule has 3 N–H and O–H groups in total. The summed E-state index contributed by atoms with van der Waals surface area (Å²) in [5.41, 5.74) is 3.85. The lowest BCUT2D eigenvalue weighted by molar-refractivity contribution is -0.211. The minimum absolute atomic E-state index is 0.00314. The second-order valence-corrected chi connectivity index (χ2v) is 20.8. The molecular weight excluding hydrogens is 730 g/mol. The third kappa shape index (κ3) is 6.83. The Bertz CT molecular complexity index is 2210. The number of H-pyrrole nitrogens is 1. The molecule has 3 aromatic carbocycles. The Morgan fingerprint density at radius 2 is 1.62 bits per heavy atom. The van der Waals surface area contributed by atoms with Crippen LogP contribution in [0.2, 0.25) is 18.1 Å². The van der Waals surface area contributed by atoms with Gasteiger partial charge in [-0.1, -0.05) is 99.5 Å². The first kappa shape index (κ1) is 39.4. The van der Waals surface area contributed by atoms with Gasteiger partial charge >= 0.3 is 0 Å². The van der Waals surface area contributed by atoms with Crippen LogP contribution >= 0.6 is 0 Å². The molecule has 0 spiro atoms. The molecule has 294 valence electrons. The van der Waals surface area contributed by atoms with Gasteiger partial charge in [0.1, 0.15) is 29.2 Å². The molecule has 0 amide bonds. The summed E-state index contributed by atoms with van der Waals surface area (Å²) in [5, 5.41) is -0.147. The molecule has 2 fully saturated rings. The number of alkyl halides is 1. The number of rotatable bonds is 11. The van der Waals surface area contributed by atoms with Crippen molar-refractivity contribution in [2.24, 2.45) is 0 Å². The highest BCUT2D eigenvalue weighted by Crippen LogP contribution is 2.51. The van der Waals surface area contributed by atoms with E-state index in [-0.39, 0.29) is 34.6 Å². The summed E-state index contributed by atoms with van der Waals surface area (Å²) in [5.74, 6) is 3.12. The van der Waals surface area contributed by atoms with E-state index in [9.17, 15) is 4.79 Å². The van der Waals surface area contributed by atoms with Gasteiger partial charge in [0.15, 0.2) is 32.0 Å². The van der Waals surface area contributed by atoms with Crippen LogP contribution < -0.4 is 16.0 Å². The van der Waals surface area contributed by atoms with Crippen LogP contribution in [0.3, 0.4) is 0 Å². The Balaban J connectivity index is 1.53. The highest BCUT2D eigenvalue weighted by Gasteiger charge is 2.62. The number of nitrogens with two attached hydrogens (primary N) is 1. The van der Waals surface area contributed by atoms with Crippen molar-refractivity contribution < 1.29 is 27.8 Å². The Morgan fingerprint density at radius 1 is 1.00 bits per heavy atom. The van der Waals surface area contributed by atoms with E-state index in [1.807, 2.05) is 84.9 Å². The fourth-order valence-electron chi connectivity index (χ4n) is 7.54. The fraction of sp³-hybridized carbons (Fsp3) is 0.419. The maximum Gasteiger partial charge on any atom is 0.280 e. The summed E-state index contributed by atoms with van der Waals surface area (Å²) in [6.45, 7) is 11.1. The van der Waals surface area contributed by atoms with Gasteiger partial charge in [0.2, 0.25) is 11.6 Å². The van der Waals surface area contributed by atoms with Crippen molar-refractivity contribution in [1.29, 1.82) is 0 Å². The summed E-state index contributed by atoms with van der Waals surface area (Å²) in [4.78, 5) is 26.1. The van der Waals surface area contributed by atoms with Crippen LogP contribution in [0.1, 0.15) is 68.8 Å². The second-order valence-electron chi connectivity index (χ2n) is 16.0. The van der Waals surface area contributed by atoms with Crippen molar-refractivity contribution in [3.05, 3.63) is 118 Å². The number of aromatic amines is 1. The highest BCUT2D eigenvalue weighted by molar-refractivity contribution is 6.74. The van der Waals surface area contributed by atoms with Gasteiger partial charge in [0.25, 0.3) is 5.56 Å². The number of ether oxygens (including phenoxy) is 4. The zero-order valence-electron chi connectivity index (χ0n) is 32.8. The molecule has 2 aromatic heterocycles. The van der Waals surface area contributed by atoms with Gasteiger partial charge in [0, 0.05) is 6.61 Å². The molecule has 4 heterocycles. The van der Waals surface area contributed by atoms with Gasteiger partial charge in [-0.05, 0) is 66.2 Å². The number of nitrogens with zero attached hydrogens (tertiary/aromatic N) is 3. The van der Waals surface area contributed by atoms with E-state index in [1.54, 1.807) is 7.11 Å². The Morgan fingerprint density at radius 3 is 2.18 bits per heavy atom. The molecule has 2 aliphatic heterocycles. The number of methoxy groups -OCH3 is 1. The molecule has 56 heavy (non-hydrogen) atoms. The smallest absolute Gasteiger partial charge is 0.280 e. The first-order chi connectivity index (χ1) is 26.7. The zero-order chi connectivity index (χ0) is 39.9. The van der Waals surface area contributed by atoms with Crippen molar-refractivity contribution in [3.8, 4) is 18.1 Å². The van der Waals surface area contributed by atoms with Crippen LogP contribution in [0.25, 0.3) is 11.2 Å². The van der Waals surface area contributed by atoms with Crippen molar-refractivity contribution >= 4 is 25.4 Å². The van der Waals surface area contributed by atoms with E-state index in [0.717, 1.165) is 29.5 Å².